The molecule has 0 saturated heterocycles. The first-order valence-corrected chi connectivity index (χ1v) is 8.54. The number of aromatic hydroxyl groups is 1. The van der Waals surface area contributed by atoms with E-state index in [-0.39, 0.29) is 36.4 Å². The van der Waals surface area contributed by atoms with Crippen LogP contribution in [-0.4, -0.2) is 38.2 Å². The van der Waals surface area contributed by atoms with Gasteiger partial charge in [0.05, 0.1) is 31.0 Å². The topological polar surface area (TPSA) is 78.8 Å². The molecule has 2 heterocycles. The quantitative estimate of drug-likeness (QED) is 0.683. The lowest BCUT2D eigenvalue weighted by atomic mass is 10.1. The standard InChI is InChI=1S/C20H22N2O4/c1-2-15(14-23)22(13-17-6-5-11-26-17)20(25)18-12-16(7-8-19(18)24)21-9-3-4-10-21/h3-12,15,23-24H,2,13-14H2,1H3/t15-/m0/s1. The van der Waals surface area contributed by atoms with Crippen molar-refractivity contribution in [2.24, 2.45) is 0 Å². The maximum absolute atomic E-state index is 13.2. The molecule has 3 aromatic rings. The fraction of sp³-hybridized carbons (Fsp3) is 0.250. The van der Waals surface area contributed by atoms with E-state index in [0.717, 1.165) is 5.69 Å². The fourth-order valence-electron chi connectivity index (χ4n) is 2.90. The Morgan fingerprint density at radius 3 is 2.62 bits per heavy atom. The van der Waals surface area contributed by atoms with E-state index in [1.165, 1.54) is 11.0 Å². The number of benzene rings is 1. The van der Waals surface area contributed by atoms with Crippen molar-refractivity contribution >= 4 is 5.91 Å². The van der Waals surface area contributed by atoms with Crippen LogP contribution in [-0.2, 0) is 6.54 Å². The number of aliphatic hydroxyl groups is 1. The van der Waals surface area contributed by atoms with E-state index in [0.29, 0.717) is 12.2 Å². The zero-order valence-corrected chi connectivity index (χ0v) is 14.6. The molecule has 0 bridgehead atoms. The molecule has 0 saturated carbocycles. The predicted octanol–water partition coefficient (Wildman–Crippen LogP) is 3.19. The number of rotatable bonds is 7. The SMILES string of the molecule is CC[C@@H](CO)N(Cc1ccco1)C(=O)c1cc(-n2cccc2)ccc1O. The molecule has 0 radical (unpaired) electrons. The van der Waals surface area contributed by atoms with E-state index in [1.807, 2.05) is 36.0 Å². The Hall–Kier alpha value is -2.99. The lowest BCUT2D eigenvalue weighted by Gasteiger charge is -2.29. The van der Waals surface area contributed by atoms with Gasteiger partial charge in [-0.15, -0.1) is 0 Å². The third kappa shape index (κ3) is 3.65. The van der Waals surface area contributed by atoms with Gasteiger partial charge in [-0.2, -0.15) is 0 Å². The molecule has 0 fully saturated rings. The third-order valence-corrected chi connectivity index (χ3v) is 4.40. The Balaban J connectivity index is 1.96. The smallest absolute Gasteiger partial charge is 0.258 e. The normalized spacial score (nSPS) is 12.1. The van der Waals surface area contributed by atoms with Crippen LogP contribution in [0.5, 0.6) is 5.75 Å². The number of aliphatic hydroxyl groups excluding tert-OH is 1. The fourth-order valence-corrected chi connectivity index (χ4v) is 2.90. The molecule has 6 heteroatoms. The summed E-state index contributed by atoms with van der Waals surface area (Å²) in [4.78, 5) is 14.7. The number of furan rings is 1. The first-order chi connectivity index (χ1) is 12.6. The molecule has 0 unspecified atom stereocenters. The first kappa shape index (κ1) is 17.8. The van der Waals surface area contributed by atoms with Gasteiger partial charge in [0, 0.05) is 18.1 Å². The monoisotopic (exact) mass is 354 g/mol. The van der Waals surface area contributed by atoms with E-state index in [1.54, 1.807) is 30.5 Å². The maximum Gasteiger partial charge on any atom is 0.258 e. The van der Waals surface area contributed by atoms with Gasteiger partial charge in [-0.3, -0.25) is 4.79 Å². The molecule has 1 aromatic carbocycles. The van der Waals surface area contributed by atoms with Crippen molar-refractivity contribution in [1.29, 1.82) is 0 Å². The van der Waals surface area contributed by atoms with E-state index in [4.69, 9.17) is 4.42 Å². The summed E-state index contributed by atoms with van der Waals surface area (Å²) in [5.74, 6) is 0.170. The summed E-state index contributed by atoms with van der Waals surface area (Å²) in [5, 5.41) is 20.0. The minimum absolute atomic E-state index is 0.0943. The van der Waals surface area contributed by atoms with Crippen molar-refractivity contribution < 1.29 is 19.4 Å². The van der Waals surface area contributed by atoms with Gasteiger partial charge in [-0.25, -0.2) is 0 Å². The van der Waals surface area contributed by atoms with Crippen LogP contribution < -0.4 is 0 Å². The number of carbonyl (C=O) groups excluding carboxylic acids is 1. The summed E-state index contributed by atoms with van der Waals surface area (Å²) in [5.41, 5.74) is 0.959. The minimum atomic E-state index is -0.373. The summed E-state index contributed by atoms with van der Waals surface area (Å²) in [6, 6.07) is 11.8. The number of hydrogen-bond acceptors (Lipinski definition) is 4. The molecule has 2 N–H and O–H groups in total. The highest BCUT2D eigenvalue weighted by atomic mass is 16.3. The molecular weight excluding hydrogens is 332 g/mol. The van der Waals surface area contributed by atoms with Crippen LogP contribution in [0.1, 0.15) is 29.5 Å². The largest absolute Gasteiger partial charge is 0.507 e. The van der Waals surface area contributed by atoms with Crippen molar-refractivity contribution in [3.8, 4) is 11.4 Å². The van der Waals surface area contributed by atoms with Crippen LogP contribution in [0, 0.1) is 0 Å². The van der Waals surface area contributed by atoms with Gasteiger partial charge in [-0.05, 0) is 48.9 Å². The van der Waals surface area contributed by atoms with Gasteiger partial charge < -0.3 is 24.1 Å². The van der Waals surface area contributed by atoms with Gasteiger partial charge in [0.2, 0.25) is 0 Å². The number of aromatic nitrogens is 1. The highest BCUT2D eigenvalue weighted by Crippen LogP contribution is 2.25. The number of phenols is 1. The minimum Gasteiger partial charge on any atom is -0.507 e. The second kappa shape index (κ2) is 7.93. The molecule has 0 aliphatic heterocycles. The summed E-state index contributed by atoms with van der Waals surface area (Å²) in [6.45, 7) is 1.96. The highest BCUT2D eigenvalue weighted by Gasteiger charge is 2.26. The van der Waals surface area contributed by atoms with Gasteiger partial charge in [0.25, 0.3) is 5.91 Å². The Labute approximate surface area is 151 Å². The molecule has 26 heavy (non-hydrogen) atoms. The number of nitrogens with zero attached hydrogens (tertiary/aromatic N) is 2. The lowest BCUT2D eigenvalue weighted by molar-refractivity contribution is 0.0542. The van der Waals surface area contributed by atoms with Crippen LogP contribution in [0.3, 0.4) is 0 Å². The van der Waals surface area contributed by atoms with Crippen LogP contribution in [0.4, 0.5) is 0 Å². The van der Waals surface area contributed by atoms with Crippen molar-refractivity contribution in [2.45, 2.75) is 25.9 Å². The molecule has 6 nitrogen and oxygen atoms in total. The van der Waals surface area contributed by atoms with Crippen molar-refractivity contribution in [3.63, 3.8) is 0 Å². The summed E-state index contributed by atoms with van der Waals surface area (Å²) in [6.07, 6.45) is 5.86. The predicted molar refractivity (Wildman–Crippen MR) is 97.2 cm³/mol. The number of carbonyl (C=O) groups is 1. The van der Waals surface area contributed by atoms with Gasteiger partial charge in [0.1, 0.15) is 11.5 Å². The van der Waals surface area contributed by atoms with E-state index >= 15 is 0 Å². The summed E-state index contributed by atoms with van der Waals surface area (Å²) < 4.78 is 7.22. The molecule has 136 valence electrons. The maximum atomic E-state index is 13.2. The molecule has 0 spiro atoms. The van der Waals surface area contributed by atoms with Crippen LogP contribution in [0.15, 0.2) is 65.5 Å². The second-order valence-corrected chi connectivity index (χ2v) is 6.05. The zero-order valence-electron chi connectivity index (χ0n) is 14.6. The van der Waals surface area contributed by atoms with Crippen LogP contribution >= 0.6 is 0 Å². The second-order valence-electron chi connectivity index (χ2n) is 6.05. The molecule has 2 aromatic heterocycles. The highest BCUT2D eigenvalue weighted by molar-refractivity contribution is 5.97. The van der Waals surface area contributed by atoms with Crippen molar-refractivity contribution in [2.75, 3.05) is 6.61 Å². The Morgan fingerprint density at radius 2 is 2.00 bits per heavy atom. The average molecular weight is 354 g/mol. The molecule has 0 aliphatic rings. The Kier molecular flexibility index (Phi) is 5.43. The number of hydrogen-bond donors (Lipinski definition) is 2. The summed E-state index contributed by atoms with van der Waals surface area (Å²) >= 11 is 0. The zero-order chi connectivity index (χ0) is 18.5. The van der Waals surface area contributed by atoms with E-state index in [2.05, 4.69) is 0 Å². The van der Waals surface area contributed by atoms with Crippen LogP contribution in [0.25, 0.3) is 5.69 Å². The Bertz CT molecular complexity index is 837. The molecule has 1 amide bonds. The number of amides is 1. The third-order valence-electron chi connectivity index (χ3n) is 4.40. The molecule has 1 atom stereocenters. The van der Waals surface area contributed by atoms with Crippen LogP contribution in [0.2, 0.25) is 0 Å². The van der Waals surface area contributed by atoms with E-state index < -0.39 is 0 Å². The van der Waals surface area contributed by atoms with Gasteiger partial charge in [0.15, 0.2) is 0 Å². The van der Waals surface area contributed by atoms with Crippen molar-refractivity contribution in [3.05, 3.63) is 72.4 Å². The Morgan fingerprint density at radius 1 is 1.23 bits per heavy atom. The van der Waals surface area contributed by atoms with Crippen molar-refractivity contribution in [1.82, 2.24) is 9.47 Å². The van der Waals surface area contributed by atoms with Gasteiger partial charge >= 0.3 is 0 Å². The van der Waals surface area contributed by atoms with Gasteiger partial charge in [-0.1, -0.05) is 6.92 Å². The molecular formula is C20H22N2O4. The first-order valence-electron chi connectivity index (χ1n) is 8.54. The lowest BCUT2D eigenvalue weighted by Crippen LogP contribution is -2.41. The van der Waals surface area contributed by atoms with E-state index in [9.17, 15) is 15.0 Å². The molecule has 3 rings (SSSR count). The molecule has 0 aliphatic carbocycles. The number of phenolic OH excluding ortho intramolecular Hbond substituents is 1. The summed E-state index contributed by atoms with van der Waals surface area (Å²) in [7, 11) is 0. The average Bonchev–Trinajstić information content (AvgIpc) is 3.35.